The minimum Gasteiger partial charge on any atom is -0.497 e. The number of hydrazone groups is 1. The van der Waals surface area contributed by atoms with Gasteiger partial charge >= 0.3 is 0 Å². The molecule has 0 aliphatic rings. The Balaban J connectivity index is 1.66. The summed E-state index contributed by atoms with van der Waals surface area (Å²) in [5.74, 6) is 1.06. The number of hydrogen-bond donors (Lipinski definition) is 1. The van der Waals surface area contributed by atoms with Crippen LogP contribution in [0.2, 0.25) is 0 Å². The van der Waals surface area contributed by atoms with Crippen LogP contribution in [0.4, 0.5) is 0 Å². The summed E-state index contributed by atoms with van der Waals surface area (Å²) in [5, 5.41) is 4.06. The quantitative estimate of drug-likeness (QED) is 0.425. The van der Waals surface area contributed by atoms with Crippen molar-refractivity contribution in [3.63, 3.8) is 0 Å². The van der Waals surface area contributed by atoms with E-state index in [-0.39, 0.29) is 5.91 Å². The summed E-state index contributed by atoms with van der Waals surface area (Å²) in [7, 11) is 1.58. The molecule has 0 unspecified atom stereocenters. The van der Waals surface area contributed by atoms with Gasteiger partial charge in [0, 0.05) is 15.6 Å². The average Bonchev–Trinajstić information content (AvgIpc) is 2.74. The Morgan fingerprint density at radius 2 is 1.82 bits per heavy atom. The summed E-state index contributed by atoms with van der Waals surface area (Å²) >= 11 is 3.45. The fourth-order valence-corrected chi connectivity index (χ4v) is 2.83. The standard InChI is InChI=1S/C22H19BrN2O3/c1-27-20-10-7-17(8-11-20)22(26)25-24-14-18-13-19(23)9-12-21(18)28-15-16-5-3-2-4-6-16/h2-14H,15H2,1H3,(H,25,26)/b24-14-. The van der Waals surface area contributed by atoms with Gasteiger partial charge in [0.2, 0.25) is 0 Å². The Kier molecular flexibility index (Phi) is 6.81. The molecule has 0 fully saturated rings. The second-order valence-corrected chi connectivity index (χ2v) is 6.80. The van der Waals surface area contributed by atoms with Gasteiger partial charge in [0.05, 0.1) is 13.3 Å². The molecule has 0 saturated carbocycles. The lowest BCUT2D eigenvalue weighted by Gasteiger charge is -2.09. The first-order chi connectivity index (χ1) is 13.7. The lowest BCUT2D eigenvalue weighted by Crippen LogP contribution is -2.17. The number of rotatable bonds is 7. The molecule has 0 saturated heterocycles. The smallest absolute Gasteiger partial charge is 0.271 e. The number of nitrogens with zero attached hydrogens (tertiary/aromatic N) is 1. The molecular weight excluding hydrogens is 420 g/mol. The predicted molar refractivity (Wildman–Crippen MR) is 113 cm³/mol. The van der Waals surface area contributed by atoms with Crippen LogP contribution in [0.1, 0.15) is 21.5 Å². The SMILES string of the molecule is COc1ccc(C(=O)N/N=C\c2cc(Br)ccc2OCc2ccccc2)cc1. The van der Waals surface area contributed by atoms with E-state index >= 15 is 0 Å². The normalized spacial score (nSPS) is 10.6. The molecule has 3 aromatic carbocycles. The molecule has 6 heteroatoms. The van der Waals surface area contributed by atoms with Gasteiger partial charge < -0.3 is 9.47 Å². The molecule has 0 atom stereocenters. The fraction of sp³-hybridized carbons (Fsp3) is 0.0909. The molecule has 1 N–H and O–H groups in total. The predicted octanol–water partition coefficient (Wildman–Crippen LogP) is 4.80. The van der Waals surface area contributed by atoms with Crippen molar-refractivity contribution in [2.75, 3.05) is 7.11 Å². The Bertz CT molecular complexity index is 957. The third kappa shape index (κ3) is 5.44. The highest BCUT2D eigenvalue weighted by Gasteiger charge is 2.06. The molecule has 3 rings (SSSR count). The van der Waals surface area contributed by atoms with Gasteiger partial charge in [0.15, 0.2) is 0 Å². The molecule has 3 aromatic rings. The molecule has 5 nitrogen and oxygen atoms in total. The molecule has 0 heterocycles. The van der Waals surface area contributed by atoms with E-state index in [1.54, 1.807) is 37.6 Å². The molecule has 0 aromatic heterocycles. The molecule has 142 valence electrons. The highest BCUT2D eigenvalue weighted by atomic mass is 79.9. The first kappa shape index (κ1) is 19.6. The Morgan fingerprint density at radius 3 is 2.54 bits per heavy atom. The molecule has 28 heavy (non-hydrogen) atoms. The lowest BCUT2D eigenvalue weighted by atomic mass is 10.2. The maximum atomic E-state index is 12.2. The second kappa shape index (κ2) is 9.71. The van der Waals surface area contributed by atoms with Crippen molar-refractivity contribution in [1.82, 2.24) is 5.43 Å². The van der Waals surface area contributed by atoms with Crippen LogP contribution in [-0.4, -0.2) is 19.2 Å². The third-order valence-corrected chi connectivity index (χ3v) is 4.42. The maximum absolute atomic E-state index is 12.2. The highest BCUT2D eigenvalue weighted by molar-refractivity contribution is 9.10. The third-order valence-electron chi connectivity index (χ3n) is 3.93. The summed E-state index contributed by atoms with van der Waals surface area (Å²) in [6.45, 7) is 0.446. The number of methoxy groups -OCH3 is 1. The minimum absolute atomic E-state index is 0.305. The van der Waals surface area contributed by atoms with E-state index in [2.05, 4.69) is 26.5 Å². The van der Waals surface area contributed by atoms with Crippen molar-refractivity contribution in [1.29, 1.82) is 0 Å². The molecule has 0 bridgehead atoms. The van der Waals surface area contributed by atoms with Crippen LogP contribution in [0.25, 0.3) is 0 Å². The highest BCUT2D eigenvalue weighted by Crippen LogP contribution is 2.23. The maximum Gasteiger partial charge on any atom is 0.271 e. The van der Waals surface area contributed by atoms with Crippen LogP contribution < -0.4 is 14.9 Å². The van der Waals surface area contributed by atoms with E-state index in [1.807, 2.05) is 48.5 Å². The first-order valence-corrected chi connectivity index (χ1v) is 9.39. The van der Waals surface area contributed by atoms with Crippen molar-refractivity contribution in [3.05, 3.63) is 94.0 Å². The van der Waals surface area contributed by atoms with Crippen LogP contribution in [0, 0.1) is 0 Å². The molecule has 0 aliphatic carbocycles. The Morgan fingerprint density at radius 1 is 1.07 bits per heavy atom. The molecule has 0 radical (unpaired) electrons. The number of benzene rings is 3. The minimum atomic E-state index is -0.305. The molecule has 0 spiro atoms. The number of carbonyl (C=O) groups is 1. The molecule has 0 aliphatic heterocycles. The number of ether oxygens (including phenoxy) is 2. The Hall–Kier alpha value is -3.12. The number of amides is 1. The van der Waals surface area contributed by atoms with Gasteiger partial charge in [-0.15, -0.1) is 0 Å². The topological polar surface area (TPSA) is 59.9 Å². The number of hydrogen-bond acceptors (Lipinski definition) is 4. The van der Waals surface area contributed by atoms with Gasteiger partial charge in [-0.2, -0.15) is 5.10 Å². The van der Waals surface area contributed by atoms with Crippen molar-refractivity contribution in [3.8, 4) is 11.5 Å². The number of carbonyl (C=O) groups excluding carboxylic acids is 1. The van der Waals surface area contributed by atoms with Crippen molar-refractivity contribution < 1.29 is 14.3 Å². The zero-order chi connectivity index (χ0) is 19.8. The van der Waals surface area contributed by atoms with E-state index in [0.717, 1.165) is 15.6 Å². The van der Waals surface area contributed by atoms with Gasteiger partial charge in [-0.3, -0.25) is 4.79 Å². The number of nitrogens with one attached hydrogen (secondary N) is 1. The van der Waals surface area contributed by atoms with E-state index in [9.17, 15) is 4.79 Å². The second-order valence-electron chi connectivity index (χ2n) is 5.88. The summed E-state index contributed by atoms with van der Waals surface area (Å²) in [6.07, 6.45) is 1.56. The first-order valence-electron chi connectivity index (χ1n) is 8.59. The van der Waals surface area contributed by atoms with Crippen molar-refractivity contribution in [2.24, 2.45) is 5.10 Å². The fourth-order valence-electron chi connectivity index (χ4n) is 2.45. The van der Waals surface area contributed by atoms with Gasteiger partial charge in [0.25, 0.3) is 5.91 Å². The van der Waals surface area contributed by atoms with Crippen LogP contribution in [-0.2, 0) is 6.61 Å². The zero-order valence-corrected chi connectivity index (χ0v) is 16.8. The van der Waals surface area contributed by atoms with Gasteiger partial charge in [-0.25, -0.2) is 5.43 Å². The van der Waals surface area contributed by atoms with E-state index in [1.165, 1.54) is 0 Å². The van der Waals surface area contributed by atoms with E-state index in [0.29, 0.717) is 23.7 Å². The largest absolute Gasteiger partial charge is 0.497 e. The van der Waals surface area contributed by atoms with E-state index in [4.69, 9.17) is 9.47 Å². The Labute approximate surface area is 172 Å². The zero-order valence-electron chi connectivity index (χ0n) is 15.3. The van der Waals surface area contributed by atoms with E-state index < -0.39 is 0 Å². The summed E-state index contributed by atoms with van der Waals surface area (Å²) < 4.78 is 11.9. The molecular formula is C22H19BrN2O3. The van der Waals surface area contributed by atoms with Crippen LogP contribution in [0.3, 0.4) is 0 Å². The van der Waals surface area contributed by atoms with Crippen LogP contribution in [0.5, 0.6) is 11.5 Å². The van der Waals surface area contributed by atoms with Crippen LogP contribution in [0.15, 0.2) is 82.4 Å². The lowest BCUT2D eigenvalue weighted by molar-refractivity contribution is 0.0955. The summed E-state index contributed by atoms with van der Waals surface area (Å²) in [6, 6.07) is 22.3. The molecule has 1 amide bonds. The van der Waals surface area contributed by atoms with Crippen LogP contribution >= 0.6 is 15.9 Å². The average molecular weight is 439 g/mol. The monoisotopic (exact) mass is 438 g/mol. The summed E-state index contributed by atoms with van der Waals surface area (Å²) in [5.41, 5.74) is 4.84. The summed E-state index contributed by atoms with van der Waals surface area (Å²) in [4.78, 5) is 12.2. The van der Waals surface area contributed by atoms with Gasteiger partial charge in [-0.1, -0.05) is 46.3 Å². The van der Waals surface area contributed by atoms with Crippen molar-refractivity contribution >= 4 is 28.1 Å². The van der Waals surface area contributed by atoms with Gasteiger partial charge in [-0.05, 0) is 48.0 Å². The van der Waals surface area contributed by atoms with Gasteiger partial charge in [0.1, 0.15) is 18.1 Å². The van der Waals surface area contributed by atoms with Crippen molar-refractivity contribution in [2.45, 2.75) is 6.61 Å². The number of halogens is 1.